The third kappa shape index (κ3) is 4.46. The van der Waals surface area contributed by atoms with Gasteiger partial charge in [0.1, 0.15) is 18.1 Å². The minimum absolute atomic E-state index is 0.185. The Morgan fingerprint density at radius 1 is 0.935 bits per heavy atom. The molecule has 3 aromatic carbocycles. The molecule has 0 N–H and O–H groups in total. The number of carbonyl (C=O) groups excluding carboxylic acids is 1. The van der Waals surface area contributed by atoms with Crippen LogP contribution in [0, 0.1) is 0 Å². The molecule has 0 fully saturated rings. The largest absolute Gasteiger partial charge is 0.493 e. The van der Waals surface area contributed by atoms with E-state index in [4.69, 9.17) is 18.9 Å². The summed E-state index contributed by atoms with van der Waals surface area (Å²) in [5, 5.41) is 0. The molecule has 1 aliphatic rings. The first kappa shape index (κ1) is 20.3. The smallest absolute Gasteiger partial charge is 0.231 e. The number of hydrogen-bond acceptors (Lipinski definition) is 5. The molecule has 5 heteroatoms. The number of rotatable bonds is 7. The Hall–Kier alpha value is -3.99. The third-order valence-electron chi connectivity index (χ3n) is 4.82. The van der Waals surface area contributed by atoms with Crippen molar-refractivity contribution in [3.8, 4) is 23.0 Å². The average Bonchev–Trinajstić information content (AvgIpc) is 3.11. The molecule has 0 amide bonds. The zero-order chi connectivity index (χ0) is 21.6. The molecule has 1 aliphatic heterocycles. The second kappa shape index (κ2) is 9.22. The van der Waals surface area contributed by atoms with Gasteiger partial charge in [0.25, 0.3) is 0 Å². The fourth-order valence-corrected chi connectivity index (χ4v) is 3.32. The first-order valence-corrected chi connectivity index (χ1v) is 9.83. The number of benzene rings is 3. The minimum atomic E-state index is -0.185. The van der Waals surface area contributed by atoms with Crippen molar-refractivity contribution >= 4 is 17.9 Å². The van der Waals surface area contributed by atoms with Gasteiger partial charge in [-0.1, -0.05) is 48.5 Å². The lowest BCUT2D eigenvalue weighted by Crippen LogP contribution is -1.99. The second-order valence-electron chi connectivity index (χ2n) is 6.80. The lowest BCUT2D eigenvalue weighted by molar-refractivity contribution is 0.101. The molecule has 0 bridgehead atoms. The third-order valence-corrected chi connectivity index (χ3v) is 4.82. The first-order chi connectivity index (χ1) is 15.2. The van der Waals surface area contributed by atoms with Gasteiger partial charge in [-0.2, -0.15) is 0 Å². The first-order valence-electron chi connectivity index (χ1n) is 9.83. The van der Waals surface area contributed by atoms with E-state index in [1.807, 2.05) is 54.6 Å². The summed E-state index contributed by atoms with van der Waals surface area (Å²) in [5.41, 5.74) is 2.30. The van der Waals surface area contributed by atoms with Crippen LogP contribution < -0.4 is 18.9 Å². The number of ether oxygens (including phenoxy) is 4. The summed E-state index contributed by atoms with van der Waals surface area (Å²) >= 11 is 0. The van der Waals surface area contributed by atoms with Crippen LogP contribution in [0.5, 0.6) is 23.0 Å². The van der Waals surface area contributed by atoms with Crippen molar-refractivity contribution in [2.45, 2.75) is 0 Å². The van der Waals surface area contributed by atoms with Crippen LogP contribution in [0.4, 0.5) is 0 Å². The number of allylic oxidation sites excluding steroid dienone is 1. The van der Waals surface area contributed by atoms with Crippen molar-refractivity contribution in [3.05, 3.63) is 95.3 Å². The molecule has 1 heterocycles. The lowest BCUT2D eigenvalue weighted by Gasteiger charge is -2.10. The molecule has 31 heavy (non-hydrogen) atoms. The fourth-order valence-electron chi connectivity index (χ4n) is 3.32. The zero-order valence-corrected chi connectivity index (χ0v) is 17.3. The maximum atomic E-state index is 12.8. The van der Waals surface area contributed by atoms with Crippen LogP contribution in [0.2, 0.25) is 0 Å². The Kier molecular flexibility index (Phi) is 6.03. The Labute approximate surface area is 181 Å². The van der Waals surface area contributed by atoms with E-state index in [2.05, 4.69) is 0 Å². The molecule has 5 nitrogen and oxygen atoms in total. The number of Topliss-reactive ketones (excluding diaryl/α,β-unsaturated/α-hetero) is 1. The molecule has 0 saturated carbocycles. The highest BCUT2D eigenvalue weighted by Gasteiger charge is 2.28. The van der Waals surface area contributed by atoms with Crippen LogP contribution >= 0.6 is 0 Å². The summed E-state index contributed by atoms with van der Waals surface area (Å²) in [5.74, 6) is 2.27. The Bertz CT molecular complexity index is 1150. The molecule has 3 aromatic rings. The van der Waals surface area contributed by atoms with Gasteiger partial charge in [0, 0.05) is 11.6 Å². The van der Waals surface area contributed by atoms with E-state index in [1.165, 1.54) is 0 Å². The number of fused-ring (bicyclic) bond motifs is 1. The number of para-hydroxylation sites is 1. The summed E-state index contributed by atoms with van der Waals surface area (Å²) in [4.78, 5) is 12.8. The highest BCUT2D eigenvalue weighted by atomic mass is 16.5. The predicted octanol–water partition coefficient (Wildman–Crippen LogP) is 5.41. The van der Waals surface area contributed by atoms with Crippen molar-refractivity contribution in [1.29, 1.82) is 0 Å². The summed E-state index contributed by atoms with van der Waals surface area (Å²) in [6.45, 7) is 0.408. The van der Waals surface area contributed by atoms with E-state index >= 15 is 0 Å². The molecule has 0 saturated heterocycles. The van der Waals surface area contributed by atoms with Gasteiger partial charge in [-0.3, -0.25) is 4.79 Å². The molecule has 0 aliphatic carbocycles. The van der Waals surface area contributed by atoms with Gasteiger partial charge in [-0.15, -0.1) is 0 Å². The number of hydrogen-bond donors (Lipinski definition) is 0. The van der Waals surface area contributed by atoms with E-state index < -0.39 is 0 Å². The highest BCUT2D eigenvalue weighted by molar-refractivity contribution is 6.14. The van der Waals surface area contributed by atoms with Crippen molar-refractivity contribution in [2.75, 3.05) is 20.8 Å². The standard InChI is InChI=1S/C26H22O5/c1-28-22-12-6-11-19(26(22)29-2)16-24-25(27)21-14-13-20(17-23(21)31-24)30-15-7-10-18-8-4-3-5-9-18/h3-14,16-17H,15H2,1-2H3/b10-7+,24-16-. The van der Waals surface area contributed by atoms with Gasteiger partial charge in [-0.05, 0) is 35.9 Å². The molecule has 4 rings (SSSR count). The summed E-state index contributed by atoms with van der Waals surface area (Å²) in [6.07, 6.45) is 5.59. The molecular weight excluding hydrogens is 392 g/mol. The summed E-state index contributed by atoms with van der Waals surface area (Å²) in [6, 6.07) is 20.7. The van der Waals surface area contributed by atoms with E-state index in [9.17, 15) is 4.79 Å². The molecule has 0 unspecified atom stereocenters. The van der Waals surface area contributed by atoms with E-state index in [-0.39, 0.29) is 11.5 Å². The molecule has 0 atom stereocenters. The van der Waals surface area contributed by atoms with Gasteiger partial charge in [0.15, 0.2) is 17.3 Å². The number of carbonyl (C=O) groups is 1. The Morgan fingerprint density at radius 3 is 2.55 bits per heavy atom. The molecular formula is C26H22O5. The van der Waals surface area contributed by atoms with E-state index in [0.29, 0.717) is 40.7 Å². The Morgan fingerprint density at radius 2 is 1.77 bits per heavy atom. The average molecular weight is 414 g/mol. The monoisotopic (exact) mass is 414 g/mol. The van der Waals surface area contributed by atoms with Gasteiger partial charge in [0.2, 0.25) is 5.78 Å². The number of ketones is 1. The van der Waals surface area contributed by atoms with Gasteiger partial charge >= 0.3 is 0 Å². The molecule has 0 radical (unpaired) electrons. The predicted molar refractivity (Wildman–Crippen MR) is 120 cm³/mol. The van der Waals surface area contributed by atoms with Crippen LogP contribution in [-0.4, -0.2) is 26.6 Å². The highest BCUT2D eigenvalue weighted by Crippen LogP contribution is 2.37. The van der Waals surface area contributed by atoms with Crippen molar-refractivity contribution in [2.24, 2.45) is 0 Å². The molecule has 156 valence electrons. The normalized spacial score (nSPS) is 13.9. The van der Waals surface area contributed by atoms with E-state index in [1.54, 1.807) is 44.6 Å². The lowest BCUT2D eigenvalue weighted by atomic mass is 10.1. The number of methoxy groups -OCH3 is 2. The van der Waals surface area contributed by atoms with Gasteiger partial charge in [-0.25, -0.2) is 0 Å². The molecule has 0 aromatic heterocycles. The maximum absolute atomic E-state index is 12.8. The molecule has 0 spiro atoms. The van der Waals surface area contributed by atoms with Crippen molar-refractivity contribution in [1.82, 2.24) is 0 Å². The minimum Gasteiger partial charge on any atom is -0.493 e. The quantitative estimate of drug-likeness (QED) is 0.484. The fraction of sp³-hybridized carbons (Fsp3) is 0.115. The van der Waals surface area contributed by atoms with Crippen LogP contribution in [0.3, 0.4) is 0 Å². The van der Waals surface area contributed by atoms with Gasteiger partial charge in [0.05, 0.1) is 19.8 Å². The van der Waals surface area contributed by atoms with E-state index in [0.717, 1.165) is 5.56 Å². The second-order valence-corrected chi connectivity index (χ2v) is 6.80. The van der Waals surface area contributed by atoms with Crippen molar-refractivity contribution in [3.63, 3.8) is 0 Å². The van der Waals surface area contributed by atoms with Gasteiger partial charge < -0.3 is 18.9 Å². The van der Waals surface area contributed by atoms with Crippen LogP contribution in [0.15, 0.2) is 78.6 Å². The maximum Gasteiger partial charge on any atom is 0.231 e. The zero-order valence-electron chi connectivity index (χ0n) is 17.3. The SMILES string of the molecule is COc1cccc(/C=C2\Oc3cc(OC/C=C/c4ccccc4)ccc3C2=O)c1OC. The Balaban J connectivity index is 1.48. The topological polar surface area (TPSA) is 54.0 Å². The van der Waals surface area contributed by atoms with Crippen LogP contribution in [-0.2, 0) is 0 Å². The summed E-state index contributed by atoms with van der Waals surface area (Å²) < 4.78 is 22.4. The van der Waals surface area contributed by atoms with Crippen LogP contribution in [0.1, 0.15) is 21.5 Å². The van der Waals surface area contributed by atoms with Crippen molar-refractivity contribution < 1.29 is 23.7 Å². The summed E-state index contributed by atoms with van der Waals surface area (Å²) in [7, 11) is 3.13. The van der Waals surface area contributed by atoms with Crippen LogP contribution in [0.25, 0.3) is 12.2 Å².